The number of anilines is 1. The van der Waals surface area contributed by atoms with E-state index in [1.807, 2.05) is 27.6 Å². The number of imidazole rings is 1. The van der Waals surface area contributed by atoms with Gasteiger partial charge in [0.2, 0.25) is 11.9 Å². The van der Waals surface area contributed by atoms with Gasteiger partial charge in [-0.2, -0.15) is 0 Å². The molecule has 0 spiro atoms. The van der Waals surface area contributed by atoms with Crippen LogP contribution in [0, 0.1) is 5.92 Å². The lowest BCUT2D eigenvalue weighted by Gasteiger charge is -2.31. The van der Waals surface area contributed by atoms with Gasteiger partial charge in [-0.25, -0.2) is 15.0 Å². The Bertz CT molecular complexity index is 940. The molecule has 3 aromatic rings. The minimum absolute atomic E-state index is 0.157. The summed E-state index contributed by atoms with van der Waals surface area (Å²) in [5, 5.41) is 0.626. The molecule has 0 radical (unpaired) electrons. The number of carbonyl (C=O) groups is 1. The van der Waals surface area contributed by atoms with Gasteiger partial charge in [0.15, 0.2) is 0 Å². The van der Waals surface area contributed by atoms with Crippen molar-refractivity contribution in [1.82, 2.24) is 19.4 Å². The van der Waals surface area contributed by atoms with Crippen LogP contribution in [0.2, 0.25) is 5.02 Å². The molecule has 1 saturated heterocycles. The first kappa shape index (κ1) is 15.8. The summed E-state index contributed by atoms with van der Waals surface area (Å²) in [6, 6.07) is 5.50. The Balaban J connectivity index is 1.69. The van der Waals surface area contributed by atoms with Crippen LogP contribution in [0.1, 0.15) is 12.8 Å². The molecule has 0 unspecified atom stereocenters. The molecule has 4 heterocycles. The lowest BCUT2D eigenvalue weighted by Crippen LogP contribution is -2.41. The van der Waals surface area contributed by atoms with Crippen molar-refractivity contribution in [2.75, 3.05) is 18.0 Å². The summed E-state index contributed by atoms with van der Waals surface area (Å²) < 4.78 is 1.90. The van der Waals surface area contributed by atoms with Crippen molar-refractivity contribution in [3.8, 4) is 11.4 Å². The molecule has 1 amide bonds. The van der Waals surface area contributed by atoms with Gasteiger partial charge in [-0.15, -0.1) is 0 Å². The number of nitrogens with zero attached hydrogens (tertiary/aromatic N) is 5. The number of rotatable bonds is 3. The summed E-state index contributed by atoms with van der Waals surface area (Å²) in [5.41, 5.74) is 7.85. The fraction of sp³-hybridized carbons (Fsp3) is 0.294. The van der Waals surface area contributed by atoms with Crippen LogP contribution in [0.25, 0.3) is 17.0 Å². The van der Waals surface area contributed by atoms with E-state index < -0.39 is 0 Å². The van der Waals surface area contributed by atoms with E-state index in [1.54, 1.807) is 18.5 Å². The highest BCUT2D eigenvalue weighted by molar-refractivity contribution is 6.30. The number of primary amides is 1. The normalized spacial score (nSPS) is 17.8. The van der Waals surface area contributed by atoms with Gasteiger partial charge in [0, 0.05) is 25.5 Å². The van der Waals surface area contributed by atoms with Crippen LogP contribution in [-0.2, 0) is 4.79 Å². The van der Waals surface area contributed by atoms with E-state index >= 15 is 0 Å². The van der Waals surface area contributed by atoms with E-state index in [1.165, 1.54) is 0 Å². The van der Waals surface area contributed by atoms with Crippen LogP contribution in [0.5, 0.6) is 0 Å². The summed E-state index contributed by atoms with van der Waals surface area (Å²) >= 11 is 6.10. The molecule has 1 aliphatic rings. The summed E-state index contributed by atoms with van der Waals surface area (Å²) in [4.78, 5) is 26.9. The van der Waals surface area contributed by atoms with Crippen molar-refractivity contribution >= 4 is 29.1 Å². The highest BCUT2D eigenvalue weighted by Gasteiger charge is 2.25. The number of halogens is 1. The first-order chi connectivity index (χ1) is 12.1. The summed E-state index contributed by atoms with van der Waals surface area (Å²) in [6.45, 7) is 1.37. The number of hydrogen-bond donors (Lipinski definition) is 1. The Morgan fingerprint density at radius 3 is 3.00 bits per heavy atom. The number of piperidine rings is 1. The molecular formula is C17H17ClN6O. The van der Waals surface area contributed by atoms with E-state index in [0.717, 1.165) is 36.4 Å². The third-order valence-corrected chi connectivity index (χ3v) is 4.70. The second-order valence-corrected chi connectivity index (χ2v) is 6.58. The molecule has 2 N–H and O–H groups in total. The Morgan fingerprint density at radius 1 is 1.28 bits per heavy atom. The summed E-state index contributed by atoms with van der Waals surface area (Å²) in [6.07, 6.45) is 7.00. The van der Waals surface area contributed by atoms with Crippen LogP contribution in [0.15, 0.2) is 36.8 Å². The quantitative estimate of drug-likeness (QED) is 0.776. The minimum Gasteiger partial charge on any atom is -0.369 e. The molecule has 3 aromatic heterocycles. The molecule has 4 rings (SSSR count). The van der Waals surface area contributed by atoms with Crippen LogP contribution < -0.4 is 10.6 Å². The predicted octanol–water partition coefficient (Wildman–Crippen LogP) is 2.15. The smallest absolute Gasteiger partial charge is 0.225 e. The number of amides is 1. The Labute approximate surface area is 149 Å². The van der Waals surface area contributed by atoms with Crippen LogP contribution in [-0.4, -0.2) is 38.3 Å². The van der Waals surface area contributed by atoms with E-state index in [2.05, 4.69) is 15.0 Å². The number of fused-ring (bicyclic) bond motifs is 1. The monoisotopic (exact) mass is 356 g/mol. The Hall–Kier alpha value is -2.67. The maximum atomic E-state index is 11.5. The zero-order chi connectivity index (χ0) is 17.4. The van der Waals surface area contributed by atoms with Gasteiger partial charge >= 0.3 is 0 Å². The third-order valence-electron chi connectivity index (χ3n) is 4.48. The number of pyridine rings is 1. The molecule has 0 aromatic carbocycles. The molecule has 8 heteroatoms. The van der Waals surface area contributed by atoms with Crippen molar-refractivity contribution in [3.63, 3.8) is 0 Å². The van der Waals surface area contributed by atoms with E-state index in [4.69, 9.17) is 17.3 Å². The van der Waals surface area contributed by atoms with Gasteiger partial charge in [0.25, 0.3) is 0 Å². The average Bonchev–Trinajstić information content (AvgIpc) is 3.05. The first-order valence-corrected chi connectivity index (χ1v) is 8.50. The number of aromatic nitrogens is 4. The number of carbonyl (C=O) groups excluding carboxylic acids is 1. The predicted molar refractivity (Wildman–Crippen MR) is 95.4 cm³/mol. The Morgan fingerprint density at radius 2 is 2.16 bits per heavy atom. The molecule has 1 aliphatic heterocycles. The first-order valence-electron chi connectivity index (χ1n) is 8.12. The van der Waals surface area contributed by atoms with Crippen LogP contribution in [0.4, 0.5) is 5.95 Å². The zero-order valence-electron chi connectivity index (χ0n) is 13.5. The standard InChI is InChI=1S/C17H17ClN6O/c18-12-3-4-15-21-8-14(24(15)10-12)13-5-6-20-17(22-13)23-7-1-2-11(9-23)16(19)25/h3-6,8,10-11H,1-2,7,9H2,(H2,19,25)/t11-/m0/s1. The lowest BCUT2D eigenvalue weighted by atomic mass is 9.98. The zero-order valence-corrected chi connectivity index (χ0v) is 14.2. The van der Waals surface area contributed by atoms with E-state index in [-0.39, 0.29) is 11.8 Å². The average molecular weight is 357 g/mol. The summed E-state index contributed by atoms with van der Waals surface area (Å²) in [5.74, 6) is 0.174. The van der Waals surface area contributed by atoms with Crippen molar-refractivity contribution in [2.24, 2.45) is 11.7 Å². The van der Waals surface area contributed by atoms with Crippen molar-refractivity contribution < 1.29 is 4.79 Å². The molecule has 128 valence electrons. The highest BCUT2D eigenvalue weighted by atomic mass is 35.5. The SMILES string of the molecule is NC(=O)[C@H]1CCCN(c2nccc(-c3cnc4ccc(Cl)cn34)n2)C1. The summed E-state index contributed by atoms with van der Waals surface area (Å²) in [7, 11) is 0. The molecule has 25 heavy (non-hydrogen) atoms. The van der Waals surface area contributed by atoms with Gasteiger partial charge in [-0.1, -0.05) is 11.6 Å². The second-order valence-electron chi connectivity index (χ2n) is 6.15. The fourth-order valence-electron chi connectivity index (χ4n) is 3.18. The van der Waals surface area contributed by atoms with Crippen LogP contribution in [0.3, 0.4) is 0 Å². The molecular weight excluding hydrogens is 340 g/mol. The maximum absolute atomic E-state index is 11.5. The largest absolute Gasteiger partial charge is 0.369 e. The van der Waals surface area contributed by atoms with E-state index in [0.29, 0.717) is 17.5 Å². The molecule has 1 atom stereocenters. The molecule has 7 nitrogen and oxygen atoms in total. The molecule has 0 aliphatic carbocycles. The topological polar surface area (TPSA) is 89.4 Å². The van der Waals surface area contributed by atoms with Crippen LogP contribution >= 0.6 is 11.6 Å². The third kappa shape index (κ3) is 3.02. The van der Waals surface area contributed by atoms with Gasteiger partial charge in [-0.05, 0) is 31.0 Å². The van der Waals surface area contributed by atoms with Gasteiger partial charge in [-0.3, -0.25) is 9.20 Å². The van der Waals surface area contributed by atoms with E-state index in [9.17, 15) is 4.79 Å². The minimum atomic E-state index is -0.266. The molecule has 0 saturated carbocycles. The maximum Gasteiger partial charge on any atom is 0.225 e. The number of nitrogens with two attached hydrogens (primary N) is 1. The fourth-order valence-corrected chi connectivity index (χ4v) is 3.34. The van der Waals surface area contributed by atoms with Crippen molar-refractivity contribution in [1.29, 1.82) is 0 Å². The highest BCUT2D eigenvalue weighted by Crippen LogP contribution is 2.24. The van der Waals surface area contributed by atoms with Gasteiger partial charge < -0.3 is 10.6 Å². The Kier molecular flexibility index (Phi) is 4.01. The number of hydrogen-bond acceptors (Lipinski definition) is 5. The van der Waals surface area contributed by atoms with Gasteiger partial charge in [0.05, 0.1) is 28.5 Å². The molecule has 1 fully saturated rings. The van der Waals surface area contributed by atoms with Gasteiger partial charge in [0.1, 0.15) is 5.65 Å². The lowest BCUT2D eigenvalue weighted by molar-refractivity contribution is -0.122. The molecule has 0 bridgehead atoms. The second kappa shape index (κ2) is 6.33. The van der Waals surface area contributed by atoms with Crippen molar-refractivity contribution in [2.45, 2.75) is 12.8 Å². The van der Waals surface area contributed by atoms with Crippen molar-refractivity contribution in [3.05, 3.63) is 41.8 Å².